The molecule has 1 amide bonds. The first-order valence-corrected chi connectivity index (χ1v) is 8.44. The zero-order valence-electron chi connectivity index (χ0n) is 15.2. The lowest BCUT2D eigenvalue weighted by Gasteiger charge is -2.38. The molecule has 0 saturated heterocycles. The van der Waals surface area contributed by atoms with Crippen LogP contribution in [-0.4, -0.2) is 48.5 Å². The number of nitrogens with one attached hydrogen (secondary N) is 1. The van der Waals surface area contributed by atoms with E-state index in [9.17, 15) is 57.5 Å². The Morgan fingerprint density at radius 2 is 1.29 bits per heavy atom. The molecule has 0 spiro atoms. The zero-order chi connectivity index (χ0) is 24.3. The van der Waals surface area contributed by atoms with Crippen LogP contribution in [0.25, 0.3) is 0 Å². The van der Waals surface area contributed by atoms with Crippen molar-refractivity contribution >= 4 is 5.91 Å². The minimum Gasteiger partial charge on any atom is -0.351 e. The number of alkyl halides is 12. The van der Waals surface area contributed by atoms with Gasteiger partial charge in [-0.05, 0) is 24.8 Å². The topological polar surface area (TPSA) is 29.1 Å². The maximum atomic E-state index is 13.6. The van der Waals surface area contributed by atoms with E-state index in [0.29, 0.717) is 6.42 Å². The van der Waals surface area contributed by atoms with Gasteiger partial charge in [0, 0.05) is 6.54 Å². The molecule has 1 N–H and O–H groups in total. The van der Waals surface area contributed by atoms with Crippen LogP contribution in [0.3, 0.4) is 0 Å². The molecule has 0 atom stereocenters. The van der Waals surface area contributed by atoms with Gasteiger partial charge in [-0.25, -0.2) is 8.78 Å². The maximum absolute atomic E-state index is 13.6. The molecule has 0 aliphatic heterocycles. The fourth-order valence-electron chi connectivity index (χ4n) is 2.30. The Morgan fingerprint density at radius 3 is 1.77 bits per heavy atom. The van der Waals surface area contributed by atoms with Gasteiger partial charge in [0.15, 0.2) is 0 Å². The van der Waals surface area contributed by atoms with Crippen LogP contribution in [0.15, 0.2) is 30.3 Å². The molecule has 178 valence electrons. The fourth-order valence-corrected chi connectivity index (χ4v) is 2.30. The van der Waals surface area contributed by atoms with Crippen molar-refractivity contribution < 1.29 is 57.5 Å². The molecule has 2 nitrogen and oxygen atoms in total. The first-order valence-electron chi connectivity index (χ1n) is 8.44. The van der Waals surface area contributed by atoms with E-state index >= 15 is 0 Å². The molecule has 0 unspecified atom stereocenters. The molecular weight excluding hydrogens is 462 g/mol. The molecule has 0 heterocycles. The van der Waals surface area contributed by atoms with Gasteiger partial charge in [0.2, 0.25) is 0 Å². The summed E-state index contributed by atoms with van der Waals surface area (Å²) >= 11 is 0. The molecule has 1 aromatic carbocycles. The van der Waals surface area contributed by atoms with Gasteiger partial charge in [-0.1, -0.05) is 30.3 Å². The highest BCUT2D eigenvalue weighted by atomic mass is 19.4. The number of halogens is 12. The Balaban J connectivity index is 2.87. The molecule has 31 heavy (non-hydrogen) atoms. The van der Waals surface area contributed by atoms with E-state index in [1.165, 1.54) is 0 Å². The average Bonchev–Trinajstić information content (AvgIpc) is 2.67. The van der Waals surface area contributed by atoms with Crippen LogP contribution in [0, 0.1) is 0 Å². The summed E-state index contributed by atoms with van der Waals surface area (Å²) in [5.41, 5.74) is 0.785. The van der Waals surface area contributed by atoms with E-state index in [1.54, 1.807) is 30.3 Å². The lowest BCUT2D eigenvalue weighted by atomic mass is 9.94. The SMILES string of the molecule is O=C(NCCCCc1ccccc1)C(F)(F)C(F)(F)C(F)(F)C(F)(F)C(F)(F)C(F)F. The summed E-state index contributed by atoms with van der Waals surface area (Å²) in [7, 11) is 0. The van der Waals surface area contributed by atoms with E-state index in [2.05, 4.69) is 0 Å². The molecule has 0 aliphatic carbocycles. The summed E-state index contributed by atoms with van der Waals surface area (Å²) in [5, 5.41) is 1.12. The van der Waals surface area contributed by atoms with Crippen LogP contribution in [-0.2, 0) is 11.2 Å². The van der Waals surface area contributed by atoms with Gasteiger partial charge in [0.25, 0.3) is 5.91 Å². The Labute approximate surface area is 167 Å². The lowest BCUT2D eigenvalue weighted by molar-refractivity contribution is -0.407. The van der Waals surface area contributed by atoms with Crippen LogP contribution in [0.1, 0.15) is 18.4 Å². The number of benzene rings is 1. The third-order valence-electron chi connectivity index (χ3n) is 4.18. The van der Waals surface area contributed by atoms with Crippen LogP contribution in [0.4, 0.5) is 52.7 Å². The van der Waals surface area contributed by atoms with Crippen LogP contribution in [0.5, 0.6) is 0 Å². The van der Waals surface area contributed by atoms with Crippen LogP contribution >= 0.6 is 0 Å². The number of amides is 1. The monoisotopic (exact) mass is 477 g/mol. The van der Waals surface area contributed by atoms with Crippen molar-refractivity contribution in [2.45, 2.75) is 55.3 Å². The number of carbonyl (C=O) groups is 1. The highest BCUT2D eigenvalue weighted by molar-refractivity contribution is 5.84. The number of hydrogen-bond donors (Lipinski definition) is 1. The molecule has 0 saturated carbocycles. The molecule has 1 aromatic rings. The summed E-state index contributed by atoms with van der Waals surface area (Å²) in [6.07, 6.45) is -5.15. The normalized spacial score (nSPS) is 14.1. The van der Waals surface area contributed by atoms with Gasteiger partial charge in [-0.3, -0.25) is 4.79 Å². The third-order valence-corrected chi connectivity index (χ3v) is 4.18. The molecule has 0 radical (unpaired) electrons. The van der Waals surface area contributed by atoms with E-state index in [4.69, 9.17) is 0 Å². The number of carbonyl (C=O) groups excluding carboxylic acids is 1. The standard InChI is InChI=1S/C17H15F12NO/c18-11(19)13(20,21)15(24,25)17(28,29)16(26,27)14(22,23)12(31)30-9-5-4-8-10-6-2-1-3-7-10/h1-3,6-7,11H,4-5,8-9H2,(H,30,31). The highest BCUT2D eigenvalue weighted by Gasteiger charge is 2.89. The first kappa shape index (κ1) is 26.9. The Kier molecular flexibility index (Phi) is 7.93. The van der Waals surface area contributed by atoms with Crippen molar-refractivity contribution in [3.8, 4) is 0 Å². The molecule has 0 aromatic heterocycles. The number of rotatable bonds is 11. The zero-order valence-corrected chi connectivity index (χ0v) is 15.2. The van der Waals surface area contributed by atoms with E-state index in [0.717, 1.165) is 10.9 Å². The quantitative estimate of drug-likeness (QED) is 0.328. The smallest absolute Gasteiger partial charge is 0.351 e. The van der Waals surface area contributed by atoms with Crippen LogP contribution < -0.4 is 5.32 Å². The van der Waals surface area contributed by atoms with Gasteiger partial charge >= 0.3 is 36.0 Å². The van der Waals surface area contributed by atoms with Crippen molar-refractivity contribution in [1.82, 2.24) is 5.32 Å². The second kappa shape index (κ2) is 9.15. The largest absolute Gasteiger partial charge is 0.392 e. The van der Waals surface area contributed by atoms with Crippen molar-refractivity contribution in [3.63, 3.8) is 0 Å². The maximum Gasteiger partial charge on any atom is 0.392 e. The van der Waals surface area contributed by atoms with Crippen molar-refractivity contribution in [3.05, 3.63) is 35.9 Å². The molecule has 14 heteroatoms. The molecule has 0 fully saturated rings. The minimum atomic E-state index is -7.71. The Morgan fingerprint density at radius 1 is 0.774 bits per heavy atom. The number of unbranched alkanes of at least 4 members (excludes halogenated alkanes) is 1. The predicted molar refractivity (Wildman–Crippen MR) is 83.1 cm³/mol. The van der Waals surface area contributed by atoms with Crippen molar-refractivity contribution in [1.29, 1.82) is 0 Å². The Hall–Kier alpha value is -2.15. The second-order valence-corrected chi connectivity index (χ2v) is 6.42. The van der Waals surface area contributed by atoms with E-state index < -0.39 is 48.5 Å². The minimum absolute atomic E-state index is 0.127. The summed E-state index contributed by atoms with van der Waals surface area (Å²) in [4.78, 5) is 11.2. The van der Waals surface area contributed by atoms with Gasteiger partial charge < -0.3 is 5.32 Å². The second-order valence-electron chi connectivity index (χ2n) is 6.42. The van der Waals surface area contributed by atoms with Gasteiger partial charge in [0.1, 0.15) is 0 Å². The molecular formula is C17H15F12NO. The predicted octanol–water partition coefficient (Wildman–Crippen LogP) is 5.57. The first-order chi connectivity index (χ1) is 13.9. The van der Waals surface area contributed by atoms with Crippen molar-refractivity contribution in [2.24, 2.45) is 0 Å². The lowest BCUT2D eigenvalue weighted by Crippen LogP contribution is -2.70. The summed E-state index contributed by atoms with van der Waals surface area (Å²) < 4.78 is 156. The van der Waals surface area contributed by atoms with E-state index in [1.807, 2.05) is 0 Å². The third kappa shape index (κ3) is 4.86. The average molecular weight is 477 g/mol. The summed E-state index contributed by atoms with van der Waals surface area (Å²) in [5.74, 6) is -39.6. The summed E-state index contributed by atoms with van der Waals surface area (Å²) in [6, 6.07) is 8.42. The number of aryl methyl sites for hydroxylation is 1. The highest BCUT2D eigenvalue weighted by Crippen LogP contribution is 2.58. The van der Waals surface area contributed by atoms with Gasteiger partial charge in [-0.2, -0.15) is 43.9 Å². The molecule has 0 bridgehead atoms. The van der Waals surface area contributed by atoms with Gasteiger partial charge in [-0.15, -0.1) is 0 Å². The Bertz CT molecular complexity index is 736. The van der Waals surface area contributed by atoms with Crippen LogP contribution in [0.2, 0.25) is 0 Å². The summed E-state index contributed by atoms with van der Waals surface area (Å²) in [6.45, 7) is -0.771. The van der Waals surface area contributed by atoms with Gasteiger partial charge in [0.05, 0.1) is 0 Å². The molecule has 0 aliphatic rings. The van der Waals surface area contributed by atoms with E-state index in [-0.39, 0.29) is 12.8 Å². The van der Waals surface area contributed by atoms with Crippen molar-refractivity contribution in [2.75, 3.05) is 6.54 Å². The fraction of sp³-hybridized carbons (Fsp3) is 0.588. The number of hydrogen-bond acceptors (Lipinski definition) is 1. The molecule has 1 rings (SSSR count).